The van der Waals surface area contributed by atoms with E-state index >= 15 is 0 Å². The topological polar surface area (TPSA) is 86.7 Å². The maximum absolute atomic E-state index is 11.9. The molecule has 1 fully saturated rings. The van der Waals surface area contributed by atoms with E-state index in [1.165, 1.54) is 5.56 Å². The fourth-order valence-corrected chi connectivity index (χ4v) is 5.80. The summed E-state index contributed by atoms with van der Waals surface area (Å²) >= 11 is 1.73. The van der Waals surface area contributed by atoms with Crippen LogP contribution in [-0.4, -0.2) is 59.4 Å². The molecule has 3 heterocycles. The van der Waals surface area contributed by atoms with Crippen molar-refractivity contribution in [3.8, 4) is 5.75 Å². The van der Waals surface area contributed by atoms with Crippen LogP contribution in [0.2, 0.25) is 0 Å². The molecule has 0 bridgehead atoms. The first-order chi connectivity index (χ1) is 17.1. The molecule has 8 heteroatoms. The van der Waals surface area contributed by atoms with Crippen LogP contribution in [0.3, 0.4) is 0 Å². The summed E-state index contributed by atoms with van der Waals surface area (Å²) in [4.78, 5) is 19.8. The van der Waals surface area contributed by atoms with Crippen molar-refractivity contribution in [2.45, 2.75) is 42.8 Å². The van der Waals surface area contributed by atoms with Crippen molar-refractivity contribution >= 4 is 34.3 Å². The Morgan fingerprint density at radius 3 is 2.91 bits per heavy atom. The number of piperidine rings is 1. The van der Waals surface area contributed by atoms with Crippen LogP contribution in [-0.2, 0) is 11.3 Å². The van der Waals surface area contributed by atoms with Gasteiger partial charge in [0.1, 0.15) is 5.75 Å². The zero-order chi connectivity index (χ0) is 24.2. The zero-order valence-electron chi connectivity index (χ0n) is 20.0. The predicted molar refractivity (Wildman–Crippen MR) is 140 cm³/mol. The lowest BCUT2D eigenvalue weighted by Gasteiger charge is -2.34. The molecule has 3 aromatic rings. The van der Waals surface area contributed by atoms with E-state index in [2.05, 4.69) is 38.7 Å². The Morgan fingerprint density at radius 1 is 1.23 bits per heavy atom. The first-order valence-electron chi connectivity index (χ1n) is 12.2. The summed E-state index contributed by atoms with van der Waals surface area (Å²) < 4.78 is 5.37. The van der Waals surface area contributed by atoms with Gasteiger partial charge in [-0.15, -0.1) is 11.8 Å². The van der Waals surface area contributed by atoms with Crippen LogP contribution < -0.4 is 15.4 Å². The summed E-state index contributed by atoms with van der Waals surface area (Å²) in [5, 5.41) is 18.7. The van der Waals surface area contributed by atoms with Crippen molar-refractivity contribution in [3.05, 3.63) is 59.8 Å². The van der Waals surface area contributed by atoms with E-state index in [0.717, 1.165) is 71.0 Å². The van der Waals surface area contributed by atoms with Gasteiger partial charge in [-0.2, -0.15) is 0 Å². The third kappa shape index (κ3) is 5.78. The number of amides is 1. The molecule has 1 atom stereocenters. The minimum atomic E-state index is -0.579. The monoisotopic (exact) mass is 492 g/mol. The number of carbonyl (C=O) groups excluding carboxylic acids is 1. The molecule has 184 valence electrons. The van der Waals surface area contributed by atoms with Crippen LogP contribution in [0.15, 0.2) is 53.6 Å². The lowest BCUT2D eigenvalue weighted by Crippen LogP contribution is -2.43. The van der Waals surface area contributed by atoms with E-state index < -0.39 is 6.10 Å². The number of aliphatic hydroxyl groups excluding tert-OH is 1. The Bertz CT molecular complexity index is 1200. The number of thioether (sulfide) groups is 1. The van der Waals surface area contributed by atoms with Gasteiger partial charge in [0.15, 0.2) is 0 Å². The smallest absolute Gasteiger partial charge is 0.225 e. The van der Waals surface area contributed by atoms with Crippen molar-refractivity contribution in [2.24, 2.45) is 0 Å². The van der Waals surface area contributed by atoms with Gasteiger partial charge in [0.25, 0.3) is 0 Å². The molecule has 1 amide bonds. The van der Waals surface area contributed by atoms with Crippen LogP contribution in [0, 0.1) is 0 Å². The maximum Gasteiger partial charge on any atom is 0.225 e. The number of anilines is 1. The number of β-amino-alcohol motifs (C(OH)–C–C–N with tert-alkyl or cyclic N) is 1. The molecule has 3 N–H and O–H groups in total. The average molecular weight is 493 g/mol. The van der Waals surface area contributed by atoms with Gasteiger partial charge in [0, 0.05) is 47.8 Å². The Hall–Kier alpha value is -2.65. The Labute approximate surface area is 210 Å². The standard InChI is InChI=1S/C27H32N4O3S/c1-34-20-3-4-23-22(15-20)21(6-10-28-23)25(32)17-31-11-7-19(8-12-31)29-16-18-2-5-26-24(14-18)30-27(33)9-13-35-26/h2-6,10,14-15,19,25,29,32H,7-9,11-13,16-17H2,1H3,(H,30,33). The van der Waals surface area contributed by atoms with Gasteiger partial charge >= 0.3 is 0 Å². The minimum absolute atomic E-state index is 0.0924. The summed E-state index contributed by atoms with van der Waals surface area (Å²) in [6, 6.07) is 14.5. The van der Waals surface area contributed by atoms with Crippen molar-refractivity contribution in [3.63, 3.8) is 0 Å². The van der Waals surface area contributed by atoms with Gasteiger partial charge in [0.05, 0.1) is 24.4 Å². The summed E-state index contributed by atoms with van der Waals surface area (Å²) in [7, 11) is 1.65. The van der Waals surface area contributed by atoms with Crippen LogP contribution in [0.5, 0.6) is 5.75 Å². The van der Waals surface area contributed by atoms with Gasteiger partial charge in [-0.05, 0) is 73.5 Å². The number of benzene rings is 2. The fourth-order valence-electron chi connectivity index (χ4n) is 4.87. The van der Waals surface area contributed by atoms with E-state index in [1.54, 1.807) is 25.1 Å². The molecular weight excluding hydrogens is 460 g/mol. The summed E-state index contributed by atoms with van der Waals surface area (Å²) in [5.74, 6) is 1.69. The predicted octanol–water partition coefficient (Wildman–Crippen LogP) is 3.97. The average Bonchev–Trinajstić information content (AvgIpc) is 3.07. The molecule has 0 aliphatic carbocycles. The first-order valence-corrected chi connectivity index (χ1v) is 13.2. The SMILES string of the molecule is COc1ccc2nccc(C(O)CN3CCC(NCc4ccc5c(c4)NC(=O)CCS5)CC3)c2c1. The molecule has 35 heavy (non-hydrogen) atoms. The fraction of sp³-hybridized carbons (Fsp3) is 0.407. The molecule has 1 saturated heterocycles. The highest BCUT2D eigenvalue weighted by atomic mass is 32.2. The number of carbonyl (C=O) groups is 1. The number of methoxy groups -OCH3 is 1. The van der Waals surface area contributed by atoms with E-state index in [-0.39, 0.29) is 5.91 Å². The number of aromatic nitrogens is 1. The highest BCUT2D eigenvalue weighted by Gasteiger charge is 2.23. The van der Waals surface area contributed by atoms with Crippen LogP contribution in [0.4, 0.5) is 5.69 Å². The number of ether oxygens (including phenoxy) is 1. The van der Waals surface area contributed by atoms with E-state index in [1.807, 2.05) is 24.3 Å². The van der Waals surface area contributed by atoms with E-state index in [9.17, 15) is 9.90 Å². The third-order valence-electron chi connectivity index (χ3n) is 6.86. The van der Waals surface area contributed by atoms with Crippen LogP contribution in [0.25, 0.3) is 10.9 Å². The second-order valence-corrected chi connectivity index (χ2v) is 10.4. The first kappa shape index (κ1) is 24.1. The minimum Gasteiger partial charge on any atom is -0.497 e. The molecule has 1 unspecified atom stereocenters. The van der Waals surface area contributed by atoms with Gasteiger partial charge in [-0.1, -0.05) is 6.07 Å². The number of nitrogens with zero attached hydrogens (tertiary/aromatic N) is 2. The van der Waals surface area contributed by atoms with E-state index in [0.29, 0.717) is 19.0 Å². The Morgan fingerprint density at radius 2 is 2.09 bits per heavy atom. The number of pyridine rings is 1. The lowest BCUT2D eigenvalue weighted by atomic mass is 10.0. The summed E-state index contributed by atoms with van der Waals surface area (Å²) in [5.41, 5.74) is 3.87. The Kier molecular flexibility index (Phi) is 7.53. The number of hydrogen-bond acceptors (Lipinski definition) is 7. The second-order valence-electron chi connectivity index (χ2n) is 9.23. The largest absolute Gasteiger partial charge is 0.497 e. The molecule has 0 spiro atoms. The highest BCUT2D eigenvalue weighted by Crippen LogP contribution is 2.32. The Balaban J connectivity index is 1.14. The second kappa shape index (κ2) is 11.0. The zero-order valence-corrected chi connectivity index (χ0v) is 20.8. The maximum atomic E-state index is 11.9. The normalized spacial score (nSPS) is 18.1. The molecule has 1 aromatic heterocycles. The van der Waals surface area contributed by atoms with Crippen molar-refractivity contribution in [1.29, 1.82) is 0 Å². The molecule has 7 nitrogen and oxygen atoms in total. The van der Waals surface area contributed by atoms with Gasteiger partial charge in [0.2, 0.25) is 5.91 Å². The van der Waals surface area contributed by atoms with Crippen LogP contribution >= 0.6 is 11.8 Å². The summed E-state index contributed by atoms with van der Waals surface area (Å²) in [6.07, 6.45) is 3.82. The summed E-state index contributed by atoms with van der Waals surface area (Å²) in [6.45, 7) is 3.27. The number of likely N-dealkylation sites (tertiary alicyclic amines) is 1. The number of nitrogens with one attached hydrogen (secondary N) is 2. The number of rotatable bonds is 7. The quantitative estimate of drug-likeness (QED) is 0.460. The van der Waals surface area contributed by atoms with E-state index in [4.69, 9.17) is 4.74 Å². The molecule has 2 aromatic carbocycles. The highest BCUT2D eigenvalue weighted by molar-refractivity contribution is 7.99. The molecule has 2 aliphatic rings. The van der Waals surface area contributed by atoms with Crippen molar-refractivity contribution in [1.82, 2.24) is 15.2 Å². The number of aliphatic hydroxyl groups is 1. The molecule has 5 rings (SSSR count). The third-order valence-corrected chi connectivity index (χ3v) is 7.94. The van der Waals surface area contributed by atoms with Gasteiger partial charge in [-0.3, -0.25) is 9.78 Å². The number of fused-ring (bicyclic) bond motifs is 2. The van der Waals surface area contributed by atoms with Crippen molar-refractivity contribution in [2.75, 3.05) is 37.8 Å². The van der Waals surface area contributed by atoms with Crippen molar-refractivity contribution < 1.29 is 14.6 Å². The lowest BCUT2D eigenvalue weighted by molar-refractivity contribution is -0.115. The molecular formula is C27H32N4O3S. The molecule has 2 aliphatic heterocycles. The van der Waals surface area contributed by atoms with Crippen LogP contribution in [0.1, 0.15) is 36.5 Å². The number of hydrogen-bond donors (Lipinski definition) is 3. The van der Waals surface area contributed by atoms with Gasteiger partial charge in [-0.25, -0.2) is 0 Å². The molecule has 0 saturated carbocycles. The van der Waals surface area contributed by atoms with Gasteiger partial charge < -0.3 is 25.4 Å². The molecule has 0 radical (unpaired) electrons.